The first-order chi connectivity index (χ1) is 10.2. The molecule has 3 rings (SSSR count). The van der Waals surface area contributed by atoms with Gasteiger partial charge in [-0.25, -0.2) is 13.1 Å². The summed E-state index contributed by atoms with van der Waals surface area (Å²) in [5.41, 5.74) is 3.81. The second-order valence-electron chi connectivity index (χ2n) is 6.08. The van der Waals surface area contributed by atoms with E-state index in [4.69, 9.17) is 0 Å². The highest BCUT2D eigenvalue weighted by Crippen LogP contribution is 2.27. The van der Waals surface area contributed by atoms with Crippen LogP contribution < -0.4 is 10.0 Å². The lowest BCUT2D eigenvalue weighted by Crippen LogP contribution is -2.34. The number of nitrogens with one attached hydrogen (secondary N) is 2. The highest BCUT2D eigenvalue weighted by atomic mass is 32.2. The molecule has 0 unspecified atom stereocenters. The molecule has 21 heavy (non-hydrogen) atoms. The summed E-state index contributed by atoms with van der Waals surface area (Å²) in [6.45, 7) is 1.51. The molecule has 1 aliphatic carbocycles. The molecule has 1 aromatic carbocycles. The first kappa shape index (κ1) is 14.9. The molecule has 0 amide bonds. The molecule has 5 heteroatoms. The maximum Gasteiger partial charge on any atom is 0.214 e. The number of para-hydroxylation sites is 1. The number of aryl methyl sites for hydroxylation is 1. The standard InChI is InChI=1S/C16H24N2O2S/c19-21(20,15-8-1-2-9-15)18-12-10-14-6-3-5-13-7-4-11-17-16(13)14/h3,5-6,15,17-18H,1-2,4,7-12H2. The van der Waals surface area contributed by atoms with Gasteiger partial charge >= 0.3 is 0 Å². The van der Waals surface area contributed by atoms with Gasteiger partial charge in [0.05, 0.1) is 5.25 Å². The van der Waals surface area contributed by atoms with Crippen molar-refractivity contribution in [3.8, 4) is 0 Å². The van der Waals surface area contributed by atoms with Crippen molar-refractivity contribution in [2.75, 3.05) is 18.4 Å². The van der Waals surface area contributed by atoms with Crippen molar-refractivity contribution in [1.29, 1.82) is 0 Å². The molecule has 1 saturated carbocycles. The summed E-state index contributed by atoms with van der Waals surface area (Å²) in [5, 5.41) is 3.29. The first-order valence-corrected chi connectivity index (χ1v) is 9.54. The zero-order valence-electron chi connectivity index (χ0n) is 12.4. The van der Waals surface area contributed by atoms with Crippen molar-refractivity contribution in [3.63, 3.8) is 0 Å². The number of hydrogen-bond donors (Lipinski definition) is 2. The van der Waals surface area contributed by atoms with Crippen molar-refractivity contribution >= 4 is 15.7 Å². The maximum atomic E-state index is 12.2. The largest absolute Gasteiger partial charge is 0.385 e. The molecule has 0 bridgehead atoms. The van der Waals surface area contributed by atoms with Crippen molar-refractivity contribution in [2.45, 2.75) is 50.2 Å². The molecule has 116 valence electrons. The third-order valence-corrected chi connectivity index (χ3v) is 6.56. The van der Waals surface area contributed by atoms with Crippen LogP contribution in [-0.4, -0.2) is 26.8 Å². The van der Waals surface area contributed by atoms with E-state index in [1.807, 2.05) is 0 Å². The van der Waals surface area contributed by atoms with E-state index in [1.54, 1.807) is 0 Å². The zero-order valence-corrected chi connectivity index (χ0v) is 13.2. The van der Waals surface area contributed by atoms with Crippen LogP contribution in [0, 0.1) is 0 Å². The fourth-order valence-corrected chi connectivity index (χ4v) is 5.01. The Morgan fingerprint density at radius 1 is 1.19 bits per heavy atom. The molecule has 1 aliphatic heterocycles. The summed E-state index contributed by atoms with van der Waals surface area (Å²) < 4.78 is 27.2. The number of benzene rings is 1. The van der Waals surface area contributed by atoms with Gasteiger partial charge in [-0.1, -0.05) is 31.0 Å². The minimum absolute atomic E-state index is 0.166. The number of anilines is 1. The van der Waals surface area contributed by atoms with Gasteiger partial charge in [0.2, 0.25) is 10.0 Å². The van der Waals surface area contributed by atoms with E-state index in [2.05, 4.69) is 28.2 Å². The highest BCUT2D eigenvalue weighted by molar-refractivity contribution is 7.90. The van der Waals surface area contributed by atoms with Crippen molar-refractivity contribution in [1.82, 2.24) is 4.72 Å². The van der Waals surface area contributed by atoms with Crippen LogP contribution in [0.5, 0.6) is 0 Å². The Bertz CT molecular complexity index is 592. The Morgan fingerprint density at radius 2 is 2.00 bits per heavy atom. The van der Waals surface area contributed by atoms with E-state index in [1.165, 1.54) is 23.2 Å². The number of sulfonamides is 1. The normalized spacial score (nSPS) is 19.2. The van der Waals surface area contributed by atoms with Gasteiger partial charge in [0, 0.05) is 18.8 Å². The van der Waals surface area contributed by atoms with Gasteiger partial charge in [-0.3, -0.25) is 0 Å². The van der Waals surface area contributed by atoms with Crippen LogP contribution in [0.2, 0.25) is 0 Å². The molecular formula is C16H24N2O2S. The Kier molecular flexibility index (Phi) is 4.50. The Balaban J connectivity index is 1.61. The van der Waals surface area contributed by atoms with E-state index in [-0.39, 0.29) is 5.25 Å². The van der Waals surface area contributed by atoms with Crippen molar-refractivity contribution in [2.24, 2.45) is 0 Å². The molecule has 1 aromatic rings. The second kappa shape index (κ2) is 6.36. The fourth-order valence-electron chi connectivity index (χ4n) is 3.43. The number of hydrogen-bond acceptors (Lipinski definition) is 3. The quantitative estimate of drug-likeness (QED) is 0.878. The van der Waals surface area contributed by atoms with E-state index in [9.17, 15) is 8.42 Å². The van der Waals surface area contributed by atoms with Crippen molar-refractivity contribution in [3.05, 3.63) is 29.3 Å². The van der Waals surface area contributed by atoms with Gasteiger partial charge in [0.1, 0.15) is 0 Å². The number of rotatable bonds is 5. The van der Waals surface area contributed by atoms with Crippen LogP contribution >= 0.6 is 0 Å². The second-order valence-corrected chi connectivity index (χ2v) is 8.12. The number of fused-ring (bicyclic) bond motifs is 1. The molecule has 2 aliphatic rings. The highest BCUT2D eigenvalue weighted by Gasteiger charge is 2.28. The molecule has 0 spiro atoms. The lowest BCUT2D eigenvalue weighted by atomic mass is 9.98. The lowest BCUT2D eigenvalue weighted by molar-refractivity contribution is 0.564. The molecule has 0 radical (unpaired) electrons. The molecular weight excluding hydrogens is 284 g/mol. The molecule has 1 fully saturated rings. The fraction of sp³-hybridized carbons (Fsp3) is 0.625. The minimum atomic E-state index is -3.12. The first-order valence-electron chi connectivity index (χ1n) is 8.00. The van der Waals surface area contributed by atoms with E-state index in [0.717, 1.165) is 45.1 Å². The molecule has 0 atom stereocenters. The van der Waals surface area contributed by atoms with Crippen LogP contribution in [0.3, 0.4) is 0 Å². The summed E-state index contributed by atoms with van der Waals surface area (Å²) in [5.74, 6) is 0. The zero-order chi connectivity index (χ0) is 14.7. The molecule has 4 nitrogen and oxygen atoms in total. The van der Waals surface area contributed by atoms with Gasteiger partial charge in [0.25, 0.3) is 0 Å². The summed E-state index contributed by atoms with van der Waals surface area (Å²) in [7, 11) is -3.12. The van der Waals surface area contributed by atoms with Crippen molar-refractivity contribution < 1.29 is 8.42 Å². The van der Waals surface area contributed by atoms with Crippen LogP contribution in [0.25, 0.3) is 0 Å². The molecule has 1 heterocycles. The van der Waals surface area contributed by atoms with Gasteiger partial charge in [0.15, 0.2) is 0 Å². The predicted molar refractivity (Wildman–Crippen MR) is 86.1 cm³/mol. The summed E-state index contributed by atoms with van der Waals surface area (Å²) >= 11 is 0. The summed E-state index contributed by atoms with van der Waals surface area (Å²) in [6, 6.07) is 6.33. The van der Waals surface area contributed by atoms with E-state index in [0.29, 0.717) is 6.54 Å². The minimum Gasteiger partial charge on any atom is -0.385 e. The summed E-state index contributed by atoms with van der Waals surface area (Å²) in [4.78, 5) is 0. The van der Waals surface area contributed by atoms with Gasteiger partial charge in [-0.05, 0) is 43.2 Å². The Morgan fingerprint density at radius 3 is 2.81 bits per heavy atom. The Hall–Kier alpha value is -1.07. The van der Waals surface area contributed by atoms with Crippen LogP contribution in [0.15, 0.2) is 18.2 Å². The topological polar surface area (TPSA) is 58.2 Å². The van der Waals surface area contributed by atoms with E-state index < -0.39 is 10.0 Å². The van der Waals surface area contributed by atoms with Gasteiger partial charge < -0.3 is 5.32 Å². The average Bonchev–Trinajstić information content (AvgIpc) is 3.02. The maximum absolute atomic E-state index is 12.2. The lowest BCUT2D eigenvalue weighted by Gasteiger charge is -2.21. The summed E-state index contributed by atoms with van der Waals surface area (Å²) in [6.07, 6.45) is 6.76. The van der Waals surface area contributed by atoms with Crippen LogP contribution in [-0.2, 0) is 22.9 Å². The Labute approximate surface area is 127 Å². The molecule has 0 saturated heterocycles. The van der Waals surface area contributed by atoms with Crippen LogP contribution in [0.4, 0.5) is 5.69 Å². The van der Waals surface area contributed by atoms with E-state index >= 15 is 0 Å². The third-order valence-electron chi connectivity index (χ3n) is 4.60. The van der Waals surface area contributed by atoms with Crippen LogP contribution in [0.1, 0.15) is 43.2 Å². The molecule has 2 N–H and O–H groups in total. The predicted octanol–water partition coefficient (Wildman–Crippen LogP) is 2.45. The monoisotopic (exact) mass is 308 g/mol. The van der Waals surface area contributed by atoms with Gasteiger partial charge in [-0.2, -0.15) is 0 Å². The third kappa shape index (κ3) is 3.40. The van der Waals surface area contributed by atoms with Gasteiger partial charge in [-0.15, -0.1) is 0 Å². The molecule has 0 aromatic heterocycles. The smallest absolute Gasteiger partial charge is 0.214 e. The average molecular weight is 308 g/mol. The SMILES string of the molecule is O=S(=O)(NCCc1cccc2c1NCCC2)C1CCCC1.